The normalized spacial score (nSPS) is 25.6. The average molecular weight is 319 g/mol. The zero-order valence-electron chi connectivity index (χ0n) is 13.9. The summed E-state index contributed by atoms with van der Waals surface area (Å²) in [5.74, 6) is 0.750. The van der Waals surface area contributed by atoms with E-state index in [9.17, 15) is 8.42 Å². The molecule has 2 aliphatic heterocycles. The third-order valence-electron chi connectivity index (χ3n) is 5.39. The SMILES string of the molecule is CC(CS(=O)(=O)CC(C)[NH+]1CCCCC1)[NH+]1CCCCC1. The Hall–Kier alpha value is -0.130. The number of likely N-dealkylation sites (tertiary alicyclic amines) is 2. The molecule has 4 nitrogen and oxygen atoms in total. The molecule has 0 saturated carbocycles. The summed E-state index contributed by atoms with van der Waals surface area (Å²) in [6.07, 6.45) is 7.67. The molecule has 2 rings (SSSR count). The van der Waals surface area contributed by atoms with Crippen LogP contribution in [0.4, 0.5) is 0 Å². The van der Waals surface area contributed by atoms with Gasteiger partial charge in [-0.1, -0.05) is 0 Å². The van der Waals surface area contributed by atoms with Gasteiger partial charge in [0, 0.05) is 0 Å². The highest BCUT2D eigenvalue weighted by atomic mass is 32.2. The van der Waals surface area contributed by atoms with Crippen molar-refractivity contribution >= 4 is 9.84 Å². The molecule has 0 aliphatic carbocycles. The zero-order chi connectivity index (χ0) is 15.3. The summed E-state index contributed by atoms with van der Waals surface area (Å²) in [4.78, 5) is 3.01. The average Bonchev–Trinajstić information content (AvgIpc) is 2.48. The molecule has 0 aromatic carbocycles. The van der Waals surface area contributed by atoms with Crippen molar-refractivity contribution in [2.24, 2.45) is 0 Å². The zero-order valence-corrected chi connectivity index (χ0v) is 14.7. The predicted molar refractivity (Wildman–Crippen MR) is 86.7 cm³/mol. The lowest BCUT2D eigenvalue weighted by atomic mass is 10.1. The van der Waals surface area contributed by atoms with E-state index in [-0.39, 0.29) is 12.1 Å². The topological polar surface area (TPSA) is 43.0 Å². The van der Waals surface area contributed by atoms with Gasteiger partial charge in [0.25, 0.3) is 0 Å². The second kappa shape index (κ2) is 7.93. The number of quaternary nitrogens is 2. The Morgan fingerprint density at radius 3 is 1.38 bits per heavy atom. The molecule has 21 heavy (non-hydrogen) atoms. The molecular weight excluding hydrogens is 284 g/mol. The van der Waals surface area contributed by atoms with Gasteiger partial charge in [0.15, 0.2) is 9.84 Å². The number of hydrogen-bond acceptors (Lipinski definition) is 2. The van der Waals surface area contributed by atoms with Crippen molar-refractivity contribution in [2.75, 3.05) is 37.7 Å². The van der Waals surface area contributed by atoms with Crippen LogP contribution in [0.1, 0.15) is 52.4 Å². The van der Waals surface area contributed by atoms with E-state index in [2.05, 4.69) is 13.8 Å². The van der Waals surface area contributed by atoms with Gasteiger partial charge in [0.1, 0.15) is 11.5 Å². The maximum Gasteiger partial charge on any atom is 0.161 e. The lowest BCUT2D eigenvalue weighted by Crippen LogP contribution is -3.17. The first-order valence-electron chi connectivity index (χ1n) is 8.87. The maximum absolute atomic E-state index is 12.5. The van der Waals surface area contributed by atoms with Crippen LogP contribution in [0, 0.1) is 0 Å². The third-order valence-corrected chi connectivity index (χ3v) is 7.41. The minimum absolute atomic E-state index is 0.263. The molecule has 2 heterocycles. The lowest BCUT2D eigenvalue weighted by Gasteiger charge is -2.31. The largest absolute Gasteiger partial charge is 0.332 e. The van der Waals surface area contributed by atoms with Crippen molar-refractivity contribution in [3.63, 3.8) is 0 Å². The van der Waals surface area contributed by atoms with Gasteiger partial charge in [-0.15, -0.1) is 0 Å². The molecule has 2 aliphatic rings. The molecule has 0 bridgehead atoms. The summed E-state index contributed by atoms with van der Waals surface area (Å²) in [7, 11) is -2.92. The van der Waals surface area contributed by atoms with Gasteiger partial charge in [0.05, 0.1) is 38.3 Å². The van der Waals surface area contributed by atoms with Crippen LogP contribution in [0.2, 0.25) is 0 Å². The highest BCUT2D eigenvalue weighted by Crippen LogP contribution is 2.01. The highest BCUT2D eigenvalue weighted by Gasteiger charge is 2.30. The van der Waals surface area contributed by atoms with Crippen LogP contribution in [0.3, 0.4) is 0 Å². The fraction of sp³-hybridized carbons (Fsp3) is 1.00. The van der Waals surface area contributed by atoms with Gasteiger partial charge in [0.2, 0.25) is 0 Å². The van der Waals surface area contributed by atoms with Crippen molar-refractivity contribution in [1.29, 1.82) is 0 Å². The van der Waals surface area contributed by atoms with Crippen molar-refractivity contribution in [3.8, 4) is 0 Å². The van der Waals surface area contributed by atoms with Crippen molar-refractivity contribution in [3.05, 3.63) is 0 Å². The first-order chi connectivity index (χ1) is 9.98. The molecular formula is C16H34N2O2S+2. The summed E-state index contributed by atoms with van der Waals surface area (Å²) in [6.45, 7) is 8.87. The van der Waals surface area contributed by atoms with Gasteiger partial charge in [-0.25, -0.2) is 8.42 Å². The Morgan fingerprint density at radius 2 is 1.05 bits per heavy atom. The van der Waals surface area contributed by atoms with Crippen LogP contribution >= 0.6 is 0 Å². The molecule has 5 heteroatoms. The second-order valence-corrected chi connectivity index (χ2v) is 9.47. The number of hydrogen-bond donors (Lipinski definition) is 2. The molecule has 0 amide bonds. The van der Waals surface area contributed by atoms with Gasteiger partial charge in [-0.05, 0) is 52.4 Å². The Kier molecular flexibility index (Phi) is 6.51. The minimum Gasteiger partial charge on any atom is -0.332 e. The van der Waals surface area contributed by atoms with E-state index >= 15 is 0 Å². The predicted octanol–water partition coefficient (Wildman–Crippen LogP) is -0.684. The summed E-state index contributed by atoms with van der Waals surface area (Å²) < 4.78 is 25.0. The molecule has 2 unspecified atom stereocenters. The van der Waals surface area contributed by atoms with Gasteiger partial charge >= 0.3 is 0 Å². The van der Waals surface area contributed by atoms with Crippen LogP contribution in [-0.2, 0) is 9.84 Å². The molecule has 0 aromatic heterocycles. The van der Waals surface area contributed by atoms with E-state index in [1.807, 2.05) is 0 Å². The molecule has 0 spiro atoms. The molecule has 2 fully saturated rings. The molecule has 0 radical (unpaired) electrons. The van der Waals surface area contributed by atoms with E-state index in [0.29, 0.717) is 11.5 Å². The van der Waals surface area contributed by atoms with Crippen LogP contribution < -0.4 is 9.80 Å². The Morgan fingerprint density at radius 1 is 0.714 bits per heavy atom. The summed E-state index contributed by atoms with van der Waals surface area (Å²) in [6, 6.07) is 0.526. The number of rotatable bonds is 6. The van der Waals surface area contributed by atoms with E-state index < -0.39 is 9.84 Å². The Bertz CT molecular complexity index is 367. The smallest absolute Gasteiger partial charge is 0.161 e. The van der Waals surface area contributed by atoms with Crippen molar-refractivity contribution in [2.45, 2.75) is 64.5 Å². The molecule has 0 aromatic rings. The molecule has 124 valence electrons. The van der Waals surface area contributed by atoms with Crippen LogP contribution in [-0.4, -0.2) is 58.2 Å². The summed E-state index contributed by atoms with van der Waals surface area (Å²) in [5, 5.41) is 0. The lowest BCUT2D eigenvalue weighted by molar-refractivity contribution is -0.925. The van der Waals surface area contributed by atoms with Crippen LogP contribution in [0.15, 0.2) is 0 Å². The quantitative estimate of drug-likeness (QED) is 0.681. The molecule has 2 atom stereocenters. The van der Waals surface area contributed by atoms with Gasteiger partial charge < -0.3 is 9.80 Å². The van der Waals surface area contributed by atoms with E-state index in [1.54, 1.807) is 0 Å². The maximum atomic E-state index is 12.5. The van der Waals surface area contributed by atoms with Gasteiger partial charge in [-0.3, -0.25) is 0 Å². The van der Waals surface area contributed by atoms with Gasteiger partial charge in [-0.2, -0.15) is 0 Å². The highest BCUT2D eigenvalue weighted by molar-refractivity contribution is 7.91. The standard InChI is InChI=1S/C16H32N2O2S/c1-15(17-9-5-3-6-10-17)13-21(19,20)14-16(2)18-11-7-4-8-12-18/h15-16H,3-14H2,1-2H3/p+2. The summed E-state index contributed by atoms with van der Waals surface area (Å²) in [5.41, 5.74) is 0. The van der Waals surface area contributed by atoms with E-state index in [4.69, 9.17) is 0 Å². The van der Waals surface area contributed by atoms with Crippen LogP contribution in [0.25, 0.3) is 0 Å². The third kappa shape index (κ3) is 5.53. The van der Waals surface area contributed by atoms with Crippen molar-refractivity contribution < 1.29 is 18.2 Å². The second-order valence-electron chi connectivity index (χ2n) is 7.32. The number of sulfone groups is 1. The fourth-order valence-corrected chi connectivity index (χ4v) is 6.19. The number of piperidine rings is 2. The van der Waals surface area contributed by atoms with E-state index in [0.717, 1.165) is 26.2 Å². The molecule has 2 N–H and O–H groups in total. The molecule has 2 saturated heterocycles. The fourth-order valence-electron chi connectivity index (χ4n) is 4.06. The Labute approximate surface area is 130 Å². The van der Waals surface area contributed by atoms with Crippen molar-refractivity contribution in [1.82, 2.24) is 0 Å². The van der Waals surface area contributed by atoms with Crippen LogP contribution in [0.5, 0.6) is 0 Å². The monoisotopic (exact) mass is 318 g/mol. The first-order valence-corrected chi connectivity index (χ1v) is 10.7. The first kappa shape index (κ1) is 17.2. The Balaban J connectivity index is 1.82. The summed E-state index contributed by atoms with van der Waals surface area (Å²) >= 11 is 0. The van der Waals surface area contributed by atoms with E-state index in [1.165, 1.54) is 48.3 Å². The minimum atomic E-state index is -2.92. The number of nitrogens with one attached hydrogen (secondary N) is 2.